The molecule has 0 bridgehead atoms. The lowest BCUT2D eigenvalue weighted by atomic mass is 10.1. The summed E-state index contributed by atoms with van der Waals surface area (Å²) >= 11 is 1.16. The van der Waals surface area contributed by atoms with Gasteiger partial charge in [0.15, 0.2) is 5.01 Å². The Morgan fingerprint density at radius 2 is 1.76 bits per heavy atom. The van der Waals surface area contributed by atoms with E-state index in [-0.39, 0.29) is 23.4 Å². The summed E-state index contributed by atoms with van der Waals surface area (Å²) < 4.78 is 10.8. The van der Waals surface area contributed by atoms with Crippen LogP contribution in [-0.2, 0) is 13.0 Å². The molecule has 0 saturated carbocycles. The van der Waals surface area contributed by atoms with Crippen LogP contribution in [0, 0.1) is 13.8 Å². The van der Waals surface area contributed by atoms with Gasteiger partial charge < -0.3 is 19.9 Å². The highest BCUT2D eigenvalue weighted by Gasteiger charge is 2.14. The number of nitrogens with one attached hydrogen (secondary N) is 2. The molecule has 0 radical (unpaired) electrons. The summed E-state index contributed by atoms with van der Waals surface area (Å²) in [4.78, 5) is 24.9. The van der Waals surface area contributed by atoms with Gasteiger partial charge in [0.05, 0.1) is 5.69 Å². The van der Waals surface area contributed by atoms with Gasteiger partial charge in [0.1, 0.15) is 18.1 Å². The van der Waals surface area contributed by atoms with E-state index < -0.39 is 0 Å². The number of hydrogen-bond donors (Lipinski definition) is 2. The van der Waals surface area contributed by atoms with Crippen molar-refractivity contribution in [3.05, 3.63) is 87.2 Å². The number of ether oxygens (including phenoxy) is 1. The molecule has 0 saturated heterocycles. The number of aryl methyl sites for hydroxylation is 2. The molecule has 0 atom stereocenters. The number of aromatic nitrogens is 3. The number of amides is 2. The average molecular weight is 478 g/mol. The van der Waals surface area contributed by atoms with Crippen LogP contribution < -0.4 is 15.4 Å². The van der Waals surface area contributed by atoms with Gasteiger partial charge in [0, 0.05) is 23.4 Å². The Bertz CT molecular complexity index is 1250. The molecule has 10 heteroatoms. The van der Waals surface area contributed by atoms with Crippen LogP contribution in [0.4, 0.5) is 5.69 Å². The molecule has 2 amide bonds. The molecule has 2 aromatic carbocycles. The first kappa shape index (κ1) is 23.1. The Morgan fingerprint density at radius 1 is 1.00 bits per heavy atom. The van der Waals surface area contributed by atoms with Crippen LogP contribution in [0.15, 0.2) is 59.1 Å². The minimum Gasteiger partial charge on any atom is -0.486 e. The van der Waals surface area contributed by atoms with Gasteiger partial charge in [0.25, 0.3) is 11.8 Å². The molecule has 0 aliphatic carbocycles. The SMILES string of the molecule is Cc1noc(C)c1CCNC(=O)c1ccc(NC(=O)c2nnc(COc3ccccc3)s2)cc1. The van der Waals surface area contributed by atoms with Crippen molar-refractivity contribution in [2.75, 3.05) is 11.9 Å². The van der Waals surface area contributed by atoms with Gasteiger partial charge in [-0.15, -0.1) is 10.2 Å². The van der Waals surface area contributed by atoms with E-state index in [9.17, 15) is 9.59 Å². The van der Waals surface area contributed by atoms with Crippen LogP contribution in [0.2, 0.25) is 0 Å². The van der Waals surface area contributed by atoms with Crippen LogP contribution in [0.3, 0.4) is 0 Å². The molecular formula is C24H23N5O4S. The van der Waals surface area contributed by atoms with E-state index in [0.717, 1.165) is 34.1 Å². The summed E-state index contributed by atoms with van der Waals surface area (Å²) in [5.41, 5.74) is 2.88. The number of para-hydroxylation sites is 1. The van der Waals surface area contributed by atoms with Gasteiger partial charge >= 0.3 is 0 Å². The maximum Gasteiger partial charge on any atom is 0.286 e. The maximum absolute atomic E-state index is 12.5. The van der Waals surface area contributed by atoms with E-state index in [2.05, 4.69) is 26.0 Å². The van der Waals surface area contributed by atoms with Crippen LogP contribution in [0.5, 0.6) is 5.75 Å². The first-order chi connectivity index (χ1) is 16.5. The number of hydrogen-bond acceptors (Lipinski definition) is 8. The smallest absolute Gasteiger partial charge is 0.286 e. The number of carbonyl (C=O) groups is 2. The zero-order chi connectivity index (χ0) is 23.9. The van der Waals surface area contributed by atoms with Crippen LogP contribution in [0.25, 0.3) is 0 Å². The molecule has 174 valence electrons. The zero-order valence-electron chi connectivity index (χ0n) is 18.7. The Hall–Kier alpha value is -4.05. The summed E-state index contributed by atoms with van der Waals surface area (Å²) in [5.74, 6) is 0.909. The minimum atomic E-state index is -0.375. The molecule has 9 nitrogen and oxygen atoms in total. The molecule has 0 aliphatic rings. The molecular weight excluding hydrogens is 454 g/mol. The molecule has 0 aliphatic heterocycles. The first-order valence-electron chi connectivity index (χ1n) is 10.6. The topological polar surface area (TPSA) is 119 Å². The molecule has 4 rings (SSSR count). The average Bonchev–Trinajstić information content (AvgIpc) is 3.46. The Labute approximate surface area is 200 Å². The lowest BCUT2D eigenvalue weighted by molar-refractivity contribution is 0.0953. The monoisotopic (exact) mass is 477 g/mol. The lowest BCUT2D eigenvalue weighted by Crippen LogP contribution is -2.25. The molecule has 0 fully saturated rings. The summed E-state index contributed by atoms with van der Waals surface area (Å²) in [6.45, 7) is 4.43. The third-order valence-corrected chi connectivity index (χ3v) is 5.91. The molecule has 0 spiro atoms. The second-order valence-electron chi connectivity index (χ2n) is 7.44. The standard InChI is InChI=1S/C24H23N5O4S/c1-15-20(16(2)33-29-15)12-13-25-22(30)17-8-10-18(11-9-17)26-23(31)24-28-27-21(34-24)14-32-19-6-4-3-5-7-19/h3-11H,12-14H2,1-2H3,(H,25,30)(H,26,31). The second-order valence-corrected chi connectivity index (χ2v) is 8.50. The third-order valence-electron chi connectivity index (χ3n) is 5.01. The fourth-order valence-corrected chi connectivity index (χ4v) is 3.86. The number of carbonyl (C=O) groups excluding carboxylic acids is 2. The summed E-state index contributed by atoms with van der Waals surface area (Å²) in [6, 6.07) is 16.0. The van der Waals surface area contributed by atoms with Crippen molar-refractivity contribution >= 4 is 28.8 Å². The predicted octanol–water partition coefficient (Wildman–Crippen LogP) is 3.95. The van der Waals surface area contributed by atoms with Gasteiger partial charge in [0.2, 0.25) is 5.01 Å². The quantitative estimate of drug-likeness (QED) is 0.375. The summed E-state index contributed by atoms with van der Waals surface area (Å²) in [6.07, 6.45) is 0.640. The molecule has 34 heavy (non-hydrogen) atoms. The highest BCUT2D eigenvalue weighted by Crippen LogP contribution is 2.17. The highest BCUT2D eigenvalue weighted by molar-refractivity contribution is 7.13. The van der Waals surface area contributed by atoms with Crippen molar-refractivity contribution in [2.45, 2.75) is 26.9 Å². The van der Waals surface area contributed by atoms with Crippen LogP contribution in [0.1, 0.15) is 42.2 Å². The molecule has 2 aromatic heterocycles. The van der Waals surface area contributed by atoms with E-state index in [1.807, 2.05) is 44.2 Å². The van der Waals surface area contributed by atoms with Crippen LogP contribution in [-0.4, -0.2) is 33.7 Å². The first-order valence-corrected chi connectivity index (χ1v) is 11.4. The van der Waals surface area contributed by atoms with Crippen molar-refractivity contribution in [2.24, 2.45) is 0 Å². The Morgan fingerprint density at radius 3 is 2.47 bits per heavy atom. The Kier molecular flexibility index (Phi) is 7.28. The van der Waals surface area contributed by atoms with Crippen molar-refractivity contribution in [1.29, 1.82) is 0 Å². The number of rotatable bonds is 9. The second kappa shape index (κ2) is 10.7. The zero-order valence-corrected chi connectivity index (χ0v) is 19.5. The molecule has 0 unspecified atom stereocenters. The van der Waals surface area contributed by atoms with Gasteiger partial charge in [-0.1, -0.05) is 34.7 Å². The summed E-state index contributed by atoms with van der Waals surface area (Å²) in [7, 11) is 0. The number of benzene rings is 2. The maximum atomic E-state index is 12.5. The summed E-state index contributed by atoms with van der Waals surface area (Å²) in [5, 5.41) is 18.3. The minimum absolute atomic E-state index is 0.197. The predicted molar refractivity (Wildman–Crippen MR) is 127 cm³/mol. The number of nitrogens with zero attached hydrogens (tertiary/aromatic N) is 3. The van der Waals surface area contributed by atoms with Crippen LogP contribution >= 0.6 is 11.3 Å². The highest BCUT2D eigenvalue weighted by atomic mass is 32.1. The molecule has 2 N–H and O–H groups in total. The van der Waals surface area contributed by atoms with Crippen molar-refractivity contribution in [1.82, 2.24) is 20.7 Å². The molecule has 2 heterocycles. The van der Waals surface area contributed by atoms with E-state index in [1.54, 1.807) is 24.3 Å². The lowest BCUT2D eigenvalue weighted by Gasteiger charge is -2.07. The van der Waals surface area contributed by atoms with Crippen molar-refractivity contribution < 1.29 is 18.8 Å². The normalized spacial score (nSPS) is 10.6. The van der Waals surface area contributed by atoms with E-state index >= 15 is 0 Å². The van der Waals surface area contributed by atoms with Crippen molar-refractivity contribution in [3.8, 4) is 5.75 Å². The van der Waals surface area contributed by atoms with E-state index in [4.69, 9.17) is 9.26 Å². The van der Waals surface area contributed by atoms with Gasteiger partial charge in [-0.05, 0) is 56.7 Å². The number of anilines is 1. The van der Waals surface area contributed by atoms with Gasteiger partial charge in [-0.3, -0.25) is 9.59 Å². The largest absolute Gasteiger partial charge is 0.486 e. The third kappa shape index (κ3) is 5.84. The van der Waals surface area contributed by atoms with E-state index in [1.165, 1.54) is 0 Å². The van der Waals surface area contributed by atoms with Gasteiger partial charge in [-0.2, -0.15) is 0 Å². The fourth-order valence-electron chi connectivity index (χ4n) is 3.22. The fraction of sp³-hybridized carbons (Fsp3) is 0.208. The van der Waals surface area contributed by atoms with E-state index in [0.29, 0.717) is 29.2 Å². The molecule has 4 aromatic rings. The Balaban J connectivity index is 1.26. The van der Waals surface area contributed by atoms with Gasteiger partial charge in [-0.25, -0.2) is 0 Å². The van der Waals surface area contributed by atoms with Crippen molar-refractivity contribution in [3.63, 3.8) is 0 Å².